The van der Waals surface area contributed by atoms with Crippen molar-refractivity contribution in [3.63, 3.8) is 0 Å². The van der Waals surface area contributed by atoms with Crippen LogP contribution in [0.3, 0.4) is 0 Å². The van der Waals surface area contributed by atoms with Crippen molar-refractivity contribution in [2.45, 2.75) is 39.8 Å². The SMILES string of the molecule is C=CCNCC(=O)Nc1c(Cl)cc(CN(C(=O)c2c(-c3ccc(OCC=C)cc3)noc2C)C(N)=NC(=O)OC(C)(C)C)cc1Cl. The van der Waals surface area contributed by atoms with Gasteiger partial charge in [0.15, 0.2) is 0 Å². The molecule has 3 rings (SSSR count). The molecule has 0 saturated heterocycles. The molecule has 3 aromatic rings. The highest BCUT2D eigenvalue weighted by Gasteiger charge is 2.30. The van der Waals surface area contributed by atoms with E-state index in [1.54, 1.807) is 64.1 Å². The number of anilines is 1. The van der Waals surface area contributed by atoms with E-state index >= 15 is 0 Å². The Bertz CT molecular complexity index is 1610. The lowest BCUT2D eigenvalue weighted by molar-refractivity contribution is -0.115. The molecule has 1 aromatic heterocycles. The number of carbonyl (C=O) groups excluding carboxylic acids is 3. The van der Waals surface area contributed by atoms with Gasteiger partial charge in [0.25, 0.3) is 5.91 Å². The number of nitrogens with one attached hydrogen (secondary N) is 2. The molecule has 0 aliphatic rings. The lowest BCUT2D eigenvalue weighted by Gasteiger charge is -2.23. The number of carbonyl (C=O) groups is 3. The molecule has 0 bridgehead atoms. The molecule has 14 heteroatoms. The fourth-order valence-electron chi connectivity index (χ4n) is 4.01. The van der Waals surface area contributed by atoms with Crippen molar-refractivity contribution in [1.29, 1.82) is 0 Å². The second-order valence-electron chi connectivity index (χ2n) is 10.8. The van der Waals surface area contributed by atoms with Gasteiger partial charge in [0, 0.05) is 12.1 Å². The Morgan fingerprint density at radius 3 is 2.35 bits per heavy atom. The zero-order chi connectivity index (χ0) is 34.0. The molecule has 0 fully saturated rings. The Morgan fingerprint density at radius 1 is 1.11 bits per heavy atom. The van der Waals surface area contributed by atoms with Crippen LogP contribution in [0.5, 0.6) is 5.75 Å². The maximum atomic E-state index is 14.2. The maximum Gasteiger partial charge on any atom is 0.437 e. The Labute approximate surface area is 277 Å². The monoisotopic (exact) mass is 670 g/mol. The largest absolute Gasteiger partial charge is 0.490 e. The Kier molecular flexibility index (Phi) is 12.5. The van der Waals surface area contributed by atoms with E-state index in [1.165, 1.54) is 12.1 Å². The number of rotatable bonds is 12. The van der Waals surface area contributed by atoms with Gasteiger partial charge >= 0.3 is 6.09 Å². The van der Waals surface area contributed by atoms with Crippen LogP contribution in [-0.4, -0.2) is 59.2 Å². The molecule has 1 heterocycles. The third-order valence-electron chi connectivity index (χ3n) is 5.97. The normalized spacial score (nSPS) is 11.5. The number of benzene rings is 2. The Balaban J connectivity index is 2.01. The van der Waals surface area contributed by atoms with Gasteiger partial charge in [0.2, 0.25) is 11.9 Å². The summed E-state index contributed by atoms with van der Waals surface area (Å²) in [4.78, 5) is 44.0. The first-order valence-electron chi connectivity index (χ1n) is 14.0. The van der Waals surface area contributed by atoms with Gasteiger partial charge < -0.3 is 30.4 Å². The summed E-state index contributed by atoms with van der Waals surface area (Å²) in [5.74, 6) is -0.727. The van der Waals surface area contributed by atoms with Crippen molar-refractivity contribution in [1.82, 2.24) is 15.4 Å². The first kappa shape index (κ1) is 35.8. The number of nitrogens with zero attached hydrogens (tertiary/aromatic N) is 3. The summed E-state index contributed by atoms with van der Waals surface area (Å²) >= 11 is 13.0. The van der Waals surface area contributed by atoms with Crippen molar-refractivity contribution in [2.75, 3.05) is 25.0 Å². The molecule has 2 aromatic carbocycles. The van der Waals surface area contributed by atoms with Crippen LogP contribution in [0, 0.1) is 6.92 Å². The predicted molar refractivity (Wildman–Crippen MR) is 178 cm³/mol. The van der Waals surface area contributed by atoms with Crippen LogP contribution in [-0.2, 0) is 16.1 Å². The topological polar surface area (TPSA) is 161 Å². The second kappa shape index (κ2) is 16.1. The number of amides is 3. The first-order valence-corrected chi connectivity index (χ1v) is 14.8. The minimum absolute atomic E-state index is 0.00532. The van der Waals surface area contributed by atoms with E-state index in [0.29, 0.717) is 30.0 Å². The lowest BCUT2D eigenvalue weighted by atomic mass is 10.0. The van der Waals surface area contributed by atoms with Gasteiger partial charge in [-0.15, -0.1) is 11.6 Å². The average molecular weight is 672 g/mol. The molecule has 4 N–H and O–H groups in total. The molecule has 0 unspecified atom stereocenters. The summed E-state index contributed by atoms with van der Waals surface area (Å²) in [5.41, 5.74) is 6.87. The molecular formula is C32H36Cl2N6O6. The van der Waals surface area contributed by atoms with Crippen LogP contribution in [0.2, 0.25) is 10.0 Å². The van der Waals surface area contributed by atoms with Crippen molar-refractivity contribution in [3.8, 4) is 17.0 Å². The number of aliphatic imine (C=N–C) groups is 1. The molecule has 0 radical (unpaired) electrons. The van der Waals surface area contributed by atoms with Crippen molar-refractivity contribution < 1.29 is 28.4 Å². The van der Waals surface area contributed by atoms with E-state index in [1.807, 2.05) is 0 Å². The summed E-state index contributed by atoms with van der Waals surface area (Å²) in [6.45, 7) is 14.3. The third-order valence-corrected chi connectivity index (χ3v) is 6.57. The summed E-state index contributed by atoms with van der Waals surface area (Å²) in [7, 11) is 0. The summed E-state index contributed by atoms with van der Waals surface area (Å²) in [6, 6.07) is 9.87. The van der Waals surface area contributed by atoms with E-state index in [2.05, 4.69) is 33.9 Å². The molecular weight excluding hydrogens is 635 g/mol. The highest BCUT2D eigenvalue weighted by molar-refractivity contribution is 6.40. The van der Waals surface area contributed by atoms with Crippen LogP contribution in [0.15, 0.2) is 71.2 Å². The molecule has 0 atom stereocenters. The average Bonchev–Trinajstić information content (AvgIpc) is 3.36. The number of guanidine groups is 1. The number of aromatic nitrogens is 1. The fraction of sp³-hybridized carbons (Fsp3) is 0.281. The number of ether oxygens (including phenoxy) is 2. The molecule has 244 valence electrons. The molecule has 0 aliphatic carbocycles. The van der Waals surface area contributed by atoms with Gasteiger partial charge in [0.05, 0.1) is 28.8 Å². The van der Waals surface area contributed by atoms with Crippen LogP contribution in [0.4, 0.5) is 10.5 Å². The van der Waals surface area contributed by atoms with Crippen molar-refractivity contribution in [2.24, 2.45) is 10.7 Å². The molecule has 12 nitrogen and oxygen atoms in total. The predicted octanol–water partition coefficient (Wildman–Crippen LogP) is 6.13. The molecule has 0 saturated carbocycles. The van der Waals surface area contributed by atoms with Crippen LogP contribution >= 0.6 is 23.2 Å². The second-order valence-corrected chi connectivity index (χ2v) is 11.6. The van der Waals surface area contributed by atoms with Gasteiger partial charge in [0.1, 0.15) is 35.0 Å². The smallest absolute Gasteiger partial charge is 0.437 e. The molecule has 46 heavy (non-hydrogen) atoms. The Hall–Kier alpha value is -4.65. The number of halogens is 2. The van der Waals surface area contributed by atoms with Crippen molar-refractivity contribution in [3.05, 3.63) is 88.6 Å². The zero-order valence-electron chi connectivity index (χ0n) is 26.0. The number of hydrogen-bond acceptors (Lipinski definition) is 8. The lowest BCUT2D eigenvalue weighted by Crippen LogP contribution is -2.42. The van der Waals surface area contributed by atoms with E-state index < -0.39 is 23.6 Å². The minimum Gasteiger partial charge on any atom is -0.490 e. The van der Waals surface area contributed by atoms with Gasteiger partial charge in [-0.2, -0.15) is 0 Å². The van der Waals surface area contributed by atoms with Gasteiger partial charge in [-0.3, -0.25) is 14.5 Å². The summed E-state index contributed by atoms with van der Waals surface area (Å²) in [5, 5.41) is 9.86. The highest BCUT2D eigenvalue weighted by atomic mass is 35.5. The fourth-order valence-corrected chi connectivity index (χ4v) is 4.63. The van der Waals surface area contributed by atoms with E-state index in [-0.39, 0.29) is 51.7 Å². The van der Waals surface area contributed by atoms with Crippen molar-refractivity contribution >= 4 is 52.8 Å². The van der Waals surface area contributed by atoms with Crippen LogP contribution in [0.25, 0.3) is 11.3 Å². The standard InChI is InChI=1S/C32H36Cl2N6O6/c1-7-13-36-17-25(41)37-28-23(33)15-20(16-24(28)34)18-40(30(35)38-31(43)45-32(4,5)6)29(42)26-19(3)46-39-27(26)21-9-11-22(12-10-21)44-14-8-2/h7-12,15-16,36H,1-2,13-14,17-18H2,3-6H3,(H,37,41)(H2,35,38,43). The minimum atomic E-state index is -1.00. The quantitative estimate of drug-likeness (QED) is 0.0891. The van der Waals surface area contributed by atoms with Crippen LogP contribution in [0.1, 0.15) is 42.5 Å². The van der Waals surface area contributed by atoms with E-state index in [0.717, 1.165) is 4.90 Å². The maximum absolute atomic E-state index is 14.2. The van der Waals surface area contributed by atoms with Crippen LogP contribution < -0.4 is 21.1 Å². The molecule has 0 aliphatic heterocycles. The number of nitrogens with two attached hydrogens (primary N) is 1. The van der Waals surface area contributed by atoms with Gasteiger partial charge in [-0.05, 0) is 69.7 Å². The first-order chi connectivity index (χ1) is 21.7. The van der Waals surface area contributed by atoms with E-state index in [4.69, 9.17) is 42.9 Å². The summed E-state index contributed by atoms with van der Waals surface area (Å²) < 4.78 is 16.2. The molecule has 3 amide bonds. The summed E-state index contributed by atoms with van der Waals surface area (Å²) in [6.07, 6.45) is 2.24. The molecule has 0 spiro atoms. The zero-order valence-corrected chi connectivity index (χ0v) is 27.5. The number of aryl methyl sites for hydroxylation is 1. The third kappa shape index (κ3) is 9.93. The van der Waals surface area contributed by atoms with Gasteiger partial charge in [-0.1, -0.05) is 47.1 Å². The highest BCUT2D eigenvalue weighted by Crippen LogP contribution is 2.33. The van der Waals surface area contributed by atoms with E-state index in [9.17, 15) is 14.4 Å². The Morgan fingerprint density at radius 2 is 1.76 bits per heavy atom. The number of hydrogen-bond donors (Lipinski definition) is 3. The van der Waals surface area contributed by atoms with Gasteiger partial charge in [-0.25, -0.2) is 4.79 Å².